The number of rotatable bonds is 6. The van der Waals surface area contributed by atoms with Crippen molar-refractivity contribution in [1.82, 2.24) is 4.90 Å². The lowest BCUT2D eigenvalue weighted by molar-refractivity contribution is 0.268. The summed E-state index contributed by atoms with van der Waals surface area (Å²) in [6.07, 6.45) is 4.88. The minimum absolute atomic E-state index is 0.421. The van der Waals surface area contributed by atoms with Crippen LogP contribution in [0.1, 0.15) is 39.5 Å². The Kier molecular flexibility index (Phi) is 6.69. The van der Waals surface area contributed by atoms with Crippen molar-refractivity contribution in [2.45, 2.75) is 50.8 Å². The largest absolute Gasteiger partial charge is 0.328 e. The maximum absolute atomic E-state index is 6.04. The minimum Gasteiger partial charge on any atom is -0.328 e. The minimum atomic E-state index is 0.421. The summed E-state index contributed by atoms with van der Waals surface area (Å²) in [5.41, 5.74) is 6.04. The van der Waals surface area contributed by atoms with E-state index in [0.717, 1.165) is 5.25 Å². The zero-order chi connectivity index (χ0) is 11.1. The molecule has 0 bridgehead atoms. The van der Waals surface area contributed by atoms with E-state index in [1.54, 1.807) is 0 Å². The van der Waals surface area contributed by atoms with Gasteiger partial charge < -0.3 is 10.6 Å². The van der Waals surface area contributed by atoms with Crippen LogP contribution in [0.4, 0.5) is 0 Å². The van der Waals surface area contributed by atoms with Crippen LogP contribution >= 0.6 is 11.8 Å². The average molecular weight is 230 g/mol. The maximum Gasteiger partial charge on any atom is 0.0172 e. The molecule has 0 aromatic carbocycles. The SMILES string of the molecule is CCCC(N)CCN1CCSC(CC)C1. The number of nitrogens with two attached hydrogens (primary N) is 1. The van der Waals surface area contributed by atoms with Gasteiger partial charge in [0.15, 0.2) is 0 Å². The third-order valence-corrected chi connectivity index (χ3v) is 4.53. The molecule has 1 aliphatic rings. The van der Waals surface area contributed by atoms with Gasteiger partial charge in [0.2, 0.25) is 0 Å². The third-order valence-electron chi connectivity index (χ3n) is 3.15. The third kappa shape index (κ3) is 5.23. The predicted molar refractivity (Wildman–Crippen MR) is 70.5 cm³/mol. The molecule has 1 rings (SSSR count). The molecular formula is C12H26N2S. The Balaban J connectivity index is 2.14. The Labute approximate surface area is 99.0 Å². The van der Waals surface area contributed by atoms with Gasteiger partial charge >= 0.3 is 0 Å². The van der Waals surface area contributed by atoms with Crippen molar-refractivity contribution in [3.8, 4) is 0 Å². The van der Waals surface area contributed by atoms with Gasteiger partial charge in [-0.05, 0) is 25.8 Å². The summed E-state index contributed by atoms with van der Waals surface area (Å²) in [5, 5.41) is 0.862. The van der Waals surface area contributed by atoms with Crippen molar-refractivity contribution in [1.29, 1.82) is 0 Å². The summed E-state index contributed by atoms with van der Waals surface area (Å²) >= 11 is 2.14. The van der Waals surface area contributed by atoms with Crippen LogP contribution in [0.15, 0.2) is 0 Å². The molecule has 2 atom stereocenters. The molecule has 1 fully saturated rings. The van der Waals surface area contributed by atoms with Crippen LogP contribution < -0.4 is 5.73 Å². The van der Waals surface area contributed by atoms with Crippen LogP contribution in [-0.2, 0) is 0 Å². The monoisotopic (exact) mass is 230 g/mol. The Bertz CT molecular complexity index is 164. The summed E-state index contributed by atoms with van der Waals surface area (Å²) in [4.78, 5) is 2.60. The second kappa shape index (κ2) is 7.53. The van der Waals surface area contributed by atoms with Gasteiger partial charge in [-0.3, -0.25) is 0 Å². The second-order valence-corrected chi connectivity index (χ2v) is 5.95. The molecule has 1 saturated heterocycles. The molecule has 2 N–H and O–H groups in total. The van der Waals surface area contributed by atoms with Crippen molar-refractivity contribution in [3.05, 3.63) is 0 Å². The second-order valence-electron chi connectivity index (χ2n) is 4.54. The number of hydrogen-bond donors (Lipinski definition) is 1. The van der Waals surface area contributed by atoms with Crippen LogP contribution in [-0.4, -0.2) is 41.6 Å². The molecule has 0 amide bonds. The summed E-state index contributed by atoms with van der Waals surface area (Å²) in [7, 11) is 0. The Morgan fingerprint density at radius 2 is 2.20 bits per heavy atom. The molecule has 3 heteroatoms. The van der Waals surface area contributed by atoms with Gasteiger partial charge in [0.05, 0.1) is 0 Å². The van der Waals surface area contributed by atoms with Crippen molar-refractivity contribution in [2.24, 2.45) is 5.73 Å². The molecule has 0 aliphatic carbocycles. The van der Waals surface area contributed by atoms with E-state index in [9.17, 15) is 0 Å². The van der Waals surface area contributed by atoms with E-state index in [1.807, 2.05) is 0 Å². The van der Waals surface area contributed by atoms with Crippen molar-refractivity contribution in [3.63, 3.8) is 0 Å². The summed E-state index contributed by atoms with van der Waals surface area (Å²) in [5.74, 6) is 1.31. The van der Waals surface area contributed by atoms with Gasteiger partial charge in [0.25, 0.3) is 0 Å². The first-order chi connectivity index (χ1) is 7.26. The molecule has 2 nitrogen and oxygen atoms in total. The van der Waals surface area contributed by atoms with E-state index in [4.69, 9.17) is 5.73 Å². The first-order valence-corrected chi connectivity index (χ1v) is 7.40. The highest BCUT2D eigenvalue weighted by Gasteiger charge is 2.18. The van der Waals surface area contributed by atoms with Crippen molar-refractivity contribution in [2.75, 3.05) is 25.4 Å². The standard InChI is InChI=1S/C12H26N2S/c1-3-5-11(13)6-7-14-8-9-15-12(4-2)10-14/h11-12H,3-10,13H2,1-2H3. The first kappa shape index (κ1) is 13.3. The summed E-state index contributed by atoms with van der Waals surface area (Å²) in [6.45, 7) is 8.26. The van der Waals surface area contributed by atoms with E-state index in [1.165, 1.54) is 51.1 Å². The van der Waals surface area contributed by atoms with Gasteiger partial charge in [-0.2, -0.15) is 11.8 Å². The van der Waals surface area contributed by atoms with Crippen LogP contribution in [0, 0.1) is 0 Å². The zero-order valence-corrected chi connectivity index (χ0v) is 11.1. The Morgan fingerprint density at radius 3 is 2.87 bits per heavy atom. The molecule has 1 heterocycles. The maximum atomic E-state index is 6.04. The Hall–Kier alpha value is 0.270. The lowest BCUT2D eigenvalue weighted by Crippen LogP contribution is -2.39. The van der Waals surface area contributed by atoms with Crippen LogP contribution in [0.3, 0.4) is 0 Å². The van der Waals surface area contributed by atoms with Gasteiger partial charge in [-0.1, -0.05) is 20.3 Å². The molecule has 0 aromatic heterocycles. The van der Waals surface area contributed by atoms with Gasteiger partial charge in [-0.25, -0.2) is 0 Å². The summed E-state index contributed by atoms with van der Waals surface area (Å²) in [6, 6.07) is 0.421. The van der Waals surface area contributed by atoms with Crippen LogP contribution in [0.5, 0.6) is 0 Å². The quantitative estimate of drug-likeness (QED) is 0.759. The van der Waals surface area contributed by atoms with E-state index in [2.05, 4.69) is 30.5 Å². The van der Waals surface area contributed by atoms with Crippen LogP contribution in [0.25, 0.3) is 0 Å². The highest BCUT2D eigenvalue weighted by molar-refractivity contribution is 8.00. The molecule has 1 aliphatic heterocycles. The normalized spacial score (nSPS) is 25.4. The van der Waals surface area contributed by atoms with Gasteiger partial charge in [0, 0.05) is 30.1 Å². The van der Waals surface area contributed by atoms with Gasteiger partial charge in [0.1, 0.15) is 0 Å². The fourth-order valence-corrected chi connectivity index (χ4v) is 3.34. The van der Waals surface area contributed by atoms with Gasteiger partial charge in [-0.15, -0.1) is 0 Å². The average Bonchev–Trinajstić information content (AvgIpc) is 2.27. The number of hydrogen-bond acceptors (Lipinski definition) is 3. The van der Waals surface area contributed by atoms with E-state index in [-0.39, 0.29) is 0 Å². The fourth-order valence-electron chi connectivity index (χ4n) is 2.09. The van der Waals surface area contributed by atoms with E-state index >= 15 is 0 Å². The smallest absolute Gasteiger partial charge is 0.0172 e. The number of thioether (sulfide) groups is 1. The Morgan fingerprint density at radius 1 is 1.40 bits per heavy atom. The summed E-state index contributed by atoms with van der Waals surface area (Å²) < 4.78 is 0. The van der Waals surface area contributed by atoms with Crippen molar-refractivity contribution >= 4 is 11.8 Å². The first-order valence-electron chi connectivity index (χ1n) is 6.35. The highest BCUT2D eigenvalue weighted by Crippen LogP contribution is 2.21. The molecule has 90 valence electrons. The van der Waals surface area contributed by atoms with E-state index in [0.29, 0.717) is 6.04 Å². The molecule has 0 spiro atoms. The highest BCUT2D eigenvalue weighted by atomic mass is 32.2. The van der Waals surface area contributed by atoms with E-state index < -0.39 is 0 Å². The lowest BCUT2D eigenvalue weighted by atomic mass is 10.1. The molecular weight excluding hydrogens is 204 g/mol. The molecule has 0 aromatic rings. The fraction of sp³-hybridized carbons (Fsp3) is 1.00. The molecule has 0 saturated carbocycles. The lowest BCUT2D eigenvalue weighted by Gasteiger charge is -2.32. The molecule has 2 unspecified atom stereocenters. The molecule has 15 heavy (non-hydrogen) atoms. The zero-order valence-electron chi connectivity index (χ0n) is 10.2. The molecule has 0 radical (unpaired) electrons. The number of nitrogens with zero attached hydrogens (tertiary/aromatic N) is 1. The topological polar surface area (TPSA) is 29.3 Å². The predicted octanol–water partition coefficient (Wildman–Crippen LogP) is 2.33. The van der Waals surface area contributed by atoms with Crippen molar-refractivity contribution < 1.29 is 0 Å². The van der Waals surface area contributed by atoms with Crippen LogP contribution in [0.2, 0.25) is 0 Å².